The number of aromatic nitrogens is 1. The lowest BCUT2D eigenvalue weighted by Crippen LogP contribution is -2.22. The fourth-order valence-electron chi connectivity index (χ4n) is 2.18. The molecule has 0 aliphatic heterocycles. The van der Waals surface area contributed by atoms with Crippen molar-refractivity contribution < 1.29 is 5.11 Å². The molecule has 1 heterocycles. The van der Waals surface area contributed by atoms with Gasteiger partial charge in [0.1, 0.15) is 0 Å². The molecule has 0 aromatic carbocycles. The fraction of sp³-hybridized carbons (Fsp3) is 0.545. The second-order valence-electron chi connectivity index (χ2n) is 3.93. The molecule has 70 valence electrons. The standard InChI is InChI=1S/C11H15NO/c1-9-4-7-12-8-10(9)11(13)5-2-3-6-11/h4,7-8,13H,2-3,5-6H2,1H3. The second kappa shape index (κ2) is 3.11. The molecule has 0 unspecified atom stereocenters. The summed E-state index contributed by atoms with van der Waals surface area (Å²) in [7, 11) is 0. The van der Waals surface area contributed by atoms with E-state index >= 15 is 0 Å². The van der Waals surface area contributed by atoms with E-state index in [1.54, 1.807) is 12.4 Å². The quantitative estimate of drug-likeness (QED) is 0.713. The molecule has 0 amide bonds. The van der Waals surface area contributed by atoms with Gasteiger partial charge in [-0.15, -0.1) is 0 Å². The largest absolute Gasteiger partial charge is 0.385 e. The molecule has 13 heavy (non-hydrogen) atoms. The van der Waals surface area contributed by atoms with E-state index in [0.29, 0.717) is 0 Å². The van der Waals surface area contributed by atoms with Crippen molar-refractivity contribution in [3.8, 4) is 0 Å². The Hall–Kier alpha value is -0.890. The number of rotatable bonds is 1. The van der Waals surface area contributed by atoms with Crippen LogP contribution in [0.3, 0.4) is 0 Å². The summed E-state index contributed by atoms with van der Waals surface area (Å²) in [6.45, 7) is 2.04. The van der Waals surface area contributed by atoms with E-state index in [1.807, 2.05) is 13.0 Å². The number of hydrogen-bond acceptors (Lipinski definition) is 2. The Balaban J connectivity index is 2.39. The zero-order chi connectivity index (χ0) is 9.31. The molecule has 1 aliphatic carbocycles. The summed E-state index contributed by atoms with van der Waals surface area (Å²) < 4.78 is 0. The molecule has 1 aromatic heterocycles. The lowest BCUT2D eigenvalue weighted by molar-refractivity contribution is 0.0435. The summed E-state index contributed by atoms with van der Waals surface area (Å²) in [6, 6.07) is 1.96. The monoisotopic (exact) mass is 177 g/mol. The van der Waals surface area contributed by atoms with Crippen LogP contribution in [0.15, 0.2) is 18.5 Å². The molecular formula is C11H15NO. The molecule has 1 saturated carbocycles. The van der Waals surface area contributed by atoms with Crippen LogP contribution in [-0.4, -0.2) is 10.1 Å². The van der Waals surface area contributed by atoms with Crippen LogP contribution in [0.1, 0.15) is 36.8 Å². The average Bonchev–Trinajstić information content (AvgIpc) is 2.54. The van der Waals surface area contributed by atoms with Gasteiger partial charge in [-0.3, -0.25) is 4.98 Å². The third-order valence-corrected chi connectivity index (χ3v) is 2.97. The topological polar surface area (TPSA) is 33.1 Å². The van der Waals surface area contributed by atoms with Crippen LogP contribution in [0.25, 0.3) is 0 Å². The highest BCUT2D eigenvalue weighted by Crippen LogP contribution is 2.39. The molecule has 1 aromatic rings. The van der Waals surface area contributed by atoms with Crippen LogP contribution in [0.5, 0.6) is 0 Å². The van der Waals surface area contributed by atoms with E-state index in [2.05, 4.69) is 4.98 Å². The second-order valence-corrected chi connectivity index (χ2v) is 3.93. The van der Waals surface area contributed by atoms with Gasteiger partial charge in [0.2, 0.25) is 0 Å². The Kier molecular flexibility index (Phi) is 2.08. The van der Waals surface area contributed by atoms with Crippen molar-refractivity contribution in [1.29, 1.82) is 0 Å². The smallest absolute Gasteiger partial charge is 0.0913 e. The molecule has 0 spiro atoms. The Morgan fingerprint density at radius 1 is 1.38 bits per heavy atom. The van der Waals surface area contributed by atoms with Crippen LogP contribution in [0, 0.1) is 6.92 Å². The van der Waals surface area contributed by atoms with Crippen molar-refractivity contribution in [1.82, 2.24) is 4.98 Å². The summed E-state index contributed by atoms with van der Waals surface area (Å²) in [5, 5.41) is 10.3. The molecule has 0 saturated heterocycles. The fourth-order valence-corrected chi connectivity index (χ4v) is 2.18. The van der Waals surface area contributed by atoms with Gasteiger partial charge in [0.25, 0.3) is 0 Å². The van der Waals surface area contributed by atoms with Crippen molar-refractivity contribution in [2.45, 2.75) is 38.2 Å². The van der Waals surface area contributed by atoms with Gasteiger partial charge in [0.05, 0.1) is 5.60 Å². The van der Waals surface area contributed by atoms with Gasteiger partial charge in [-0.1, -0.05) is 12.8 Å². The maximum absolute atomic E-state index is 10.3. The molecule has 0 bridgehead atoms. The first-order valence-corrected chi connectivity index (χ1v) is 4.86. The molecule has 0 atom stereocenters. The highest BCUT2D eigenvalue weighted by Gasteiger charge is 2.34. The van der Waals surface area contributed by atoms with E-state index in [9.17, 15) is 5.11 Å². The number of hydrogen-bond donors (Lipinski definition) is 1. The van der Waals surface area contributed by atoms with E-state index in [0.717, 1.165) is 36.8 Å². The first kappa shape index (κ1) is 8.70. The van der Waals surface area contributed by atoms with E-state index in [4.69, 9.17) is 0 Å². The number of nitrogens with zero attached hydrogens (tertiary/aromatic N) is 1. The first-order valence-electron chi connectivity index (χ1n) is 4.86. The molecule has 0 radical (unpaired) electrons. The SMILES string of the molecule is Cc1ccncc1C1(O)CCCC1. The Bertz CT molecular complexity index is 303. The summed E-state index contributed by atoms with van der Waals surface area (Å²) in [4.78, 5) is 4.08. The van der Waals surface area contributed by atoms with Crippen LogP contribution >= 0.6 is 0 Å². The maximum Gasteiger partial charge on any atom is 0.0913 e. The molecule has 2 rings (SSSR count). The van der Waals surface area contributed by atoms with Gasteiger partial charge in [0.15, 0.2) is 0 Å². The first-order chi connectivity index (χ1) is 6.22. The maximum atomic E-state index is 10.3. The minimum absolute atomic E-state index is 0.585. The Morgan fingerprint density at radius 3 is 2.69 bits per heavy atom. The van der Waals surface area contributed by atoms with Gasteiger partial charge in [-0.05, 0) is 31.4 Å². The van der Waals surface area contributed by atoms with E-state index < -0.39 is 5.60 Å². The van der Waals surface area contributed by atoms with Crippen LogP contribution in [0.4, 0.5) is 0 Å². The number of aryl methyl sites for hydroxylation is 1. The molecular weight excluding hydrogens is 162 g/mol. The predicted octanol–water partition coefficient (Wildman–Crippen LogP) is 2.15. The van der Waals surface area contributed by atoms with Crippen molar-refractivity contribution >= 4 is 0 Å². The third kappa shape index (κ3) is 1.46. The van der Waals surface area contributed by atoms with Gasteiger partial charge >= 0.3 is 0 Å². The normalized spacial score (nSPS) is 20.5. The van der Waals surface area contributed by atoms with Crippen molar-refractivity contribution in [3.63, 3.8) is 0 Å². The summed E-state index contributed by atoms with van der Waals surface area (Å²) in [6.07, 6.45) is 7.62. The number of aliphatic hydroxyl groups is 1. The van der Waals surface area contributed by atoms with E-state index in [-0.39, 0.29) is 0 Å². The highest BCUT2D eigenvalue weighted by molar-refractivity contribution is 5.28. The summed E-state index contributed by atoms with van der Waals surface area (Å²) in [5.74, 6) is 0. The van der Waals surface area contributed by atoms with Crippen molar-refractivity contribution in [2.24, 2.45) is 0 Å². The van der Waals surface area contributed by atoms with Crippen LogP contribution in [-0.2, 0) is 5.60 Å². The Morgan fingerprint density at radius 2 is 2.08 bits per heavy atom. The average molecular weight is 177 g/mol. The predicted molar refractivity (Wildman–Crippen MR) is 51.3 cm³/mol. The molecule has 2 heteroatoms. The van der Waals surface area contributed by atoms with Gasteiger partial charge in [-0.2, -0.15) is 0 Å². The molecule has 2 nitrogen and oxygen atoms in total. The molecule has 1 fully saturated rings. The van der Waals surface area contributed by atoms with Gasteiger partial charge in [-0.25, -0.2) is 0 Å². The summed E-state index contributed by atoms with van der Waals surface area (Å²) >= 11 is 0. The van der Waals surface area contributed by atoms with Crippen molar-refractivity contribution in [3.05, 3.63) is 29.6 Å². The Labute approximate surface area is 78.6 Å². The lowest BCUT2D eigenvalue weighted by atomic mass is 9.90. The molecule has 1 aliphatic rings. The zero-order valence-electron chi connectivity index (χ0n) is 7.95. The number of pyridine rings is 1. The third-order valence-electron chi connectivity index (χ3n) is 2.97. The van der Waals surface area contributed by atoms with Crippen molar-refractivity contribution in [2.75, 3.05) is 0 Å². The zero-order valence-corrected chi connectivity index (χ0v) is 7.95. The van der Waals surface area contributed by atoms with Crippen LogP contribution in [0.2, 0.25) is 0 Å². The van der Waals surface area contributed by atoms with Gasteiger partial charge in [0, 0.05) is 18.0 Å². The minimum Gasteiger partial charge on any atom is -0.385 e. The van der Waals surface area contributed by atoms with Gasteiger partial charge < -0.3 is 5.11 Å². The van der Waals surface area contributed by atoms with Crippen LogP contribution < -0.4 is 0 Å². The molecule has 1 N–H and O–H groups in total. The lowest BCUT2D eigenvalue weighted by Gasteiger charge is -2.23. The van der Waals surface area contributed by atoms with E-state index in [1.165, 1.54) is 0 Å². The highest BCUT2D eigenvalue weighted by atomic mass is 16.3. The minimum atomic E-state index is -0.585. The summed E-state index contributed by atoms with van der Waals surface area (Å²) in [5.41, 5.74) is 1.59.